The second-order valence-corrected chi connectivity index (χ2v) is 19.3. The van der Waals surface area contributed by atoms with E-state index in [-0.39, 0.29) is 72.4 Å². The van der Waals surface area contributed by atoms with Crippen molar-refractivity contribution in [1.82, 2.24) is 25.5 Å². The lowest BCUT2D eigenvalue weighted by molar-refractivity contribution is -0.199. The van der Waals surface area contributed by atoms with Gasteiger partial charge >= 0.3 is 5.97 Å². The van der Waals surface area contributed by atoms with Gasteiger partial charge in [-0.3, -0.25) is 38.5 Å². The van der Waals surface area contributed by atoms with Crippen LogP contribution in [-0.4, -0.2) is 139 Å². The highest BCUT2D eigenvalue weighted by Gasteiger charge is 2.43. The molecule has 2 fully saturated rings. The number of likely N-dealkylation sites (N-methyl/N-ethyl adjacent to an activating group) is 1. The molecule has 0 saturated carbocycles. The molecular weight excluding hydrogens is 843 g/mol. The van der Waals surface area contributed by atoms with Gasteiger partial charge in [0.1, 0.15) is 6.04 Å². The van der Waals surface area contributed by atoms with Crippen molar-refractivity contribution >= 4 is 35.4 Å². The van der Waals surface area contributed by atoms with Crippen LogP contribution in [0.1, 0.15) is 118 Å². The number of amides is 4. The average Bonchev–Trinajstić information content (AvgIpc) is 3.78. The third-order valence-electron chi connectivity index (χ3n) is 13.8. The molecule has 2 heterocycles. The van der Waals surface area contributed by atoms with E-state index in [1.807, 2.05) is 81.8 Å². The van der Waals surface area contributed by atoms with E-state index >= 15 is 0 Å². The van der Waals surface area contributed by atoms with Crippen LogP contribution in [-0.2, 0) is 49.5 Å². The van der Waals surface area contributed by atoms with Gasteiger partial charge in [0.2, 0.25) is 17.7 Å². The summed E-state index contributed by atoms with van der Waals surface area (Å²) < 4.78 is 12.2. The summed E-state index contributed by atoms with van der Waals surface area (Å²) in [6, 6.07) is 6.96. The van der Waals surface area contributed by atoms with Crippen molar-refractivity contribution in [2.45, 2.75) is 155 Å². The van der Waals surface area contributed by atoms with Crippen LogP contribution in [0.15, 0.2) is 43.0 Å². The predicted molar refractivity (Wildman–Crippen MR) is 255 cm³/mol. The van der Waals surface area contributed by atoms with E-state index in [0.717, 1.165) is 31.2 Å². The first-order valence-electron chi connectivity index (χ1n) is 24.4. The Labute approximate surface area is 395 Å². The summed E-state index contributed by atoms with van der Waals surface area (Å²) >= 11 is 0. The number of hydrogen-bond acceptors (Lipinski definition) is 10. The molecule has 1 aromatic rings. The van der Waals surface area contributed by atoms with Gasteiger partial charge < -0.3 is 30.1 Å². The summed E-state index contributed by atoms with van der Waals surface area (Å²) in [5.74, 6) is -3.39. The lowest BCUT2D eigenvalue weighted by Crippen LogP contribution is -2.55. The fraction of sp³-hybridized carbons (Fsp3) is 0.725. The Hall–Kier alpha value is -4.18. The summed E-state index contributed by atoms with van der Waals surface area (Å²) in [7, 11) is 4.96. The van der Waals surface area contributed by atoms with E-state index in [1.165, 1.54) is 18.2 Å². The van der Waals surface area contributed by atoms with Gasteiger partial charge in [0.15, 0.2) is 5.78 Å². The Kier molecular flexibility index (Phi) is 24.0. The molecule has 1 aromatic carbocycles. The third-order valence-corrected chi connectivity index (χ3v) is 13.8. The Morgan fingerprint density at radius 2 is 1.62 bits per heavy atom. The monoisotopic (exact) mass is 926 g/mol. The molecule has 0 spiro atoms. The largest absolute Gasteiger partial charge is 0.481 e. The van der Waals surface area contributed by atoms with Crippen molar-refractivity contribution < 1.29 is 48.2 Å². The SMILES string of the molecule is C=C[C@@H](C(=O)N[C@@H](Cc1ccccc1)C(=O)N1CCCCO1)[C@@H](OC)[C@@H]1CCCN1C(=O)C[C@@H](OC)[C@@H](CCC(C)C(=O)[C@@H](NC(=O)[C@H](C(C)C)N(C)CCCC(=O)O)C(C)C)[C@@H](C)CC. The fourth-order valence-corrected chi connectivity index (χ4v) is 9.80. The van der Waals surface area contributed by atoms with Crippen molar-refractivity contribution in [2.24, 2.45) is 35.5 Å². The average molecular weight is 926 g/mol. The summed E-state index contributed by atoms with van der Waals surface area (Å²) in [5.41, 5.74) is 0.888. The van der Waals surface area contributed by atoms with Gasteiger partial charge in [0.05, 0.1) is 49.3 Å². The Bertz CT molecular complexity index is 1700. The van der Waals surface area contributed by atoms with Crippen LogP contribution in [0.2, 0.25) is 0 Å². The molecule has 0 bridgehead atoms. The van der Waals surface area contributed by atoms with Crippen LogP contribution in [0.4, 0.5) is 0 Å². The van der Waals surface area contributed by atoms with Gasteiger partial charge in [-0.2, -0.15) is 0 Å². The number of hydroxylamine groups is 2. The molecule has 66 heavy (non-hydrogen) atoms. The molecule has 10 atom stereocenters. The van der Waals surface area contributed by atoms with Gasteiger partial charge in [0.25, 0.3) is 5.91 Å². The summed E-state index contributed by atoms with van der Waals surface area (Å²) in [4.78, 5) is 90.7. The number of ketones is 1. The summed E-state index contributed by atoms with van der Waals surface area (Å²) in [6.07, 6.45) is 6.18. The summed E-state index contributed by atoms with van der Waals surface area (Å²) in [6.45, 7) is 19.7. The fourth-order valence-electron chi connectivity index (χ4n) is 9.80. The molecule has 0 aromatic heterocycles. The number of carbonyl (C=O) groups is 6. The van der Waals surface area contributed by atoms with Crippen molar-refractivity contribution in [3.63, 3.8) is 0 Å². The smallest absolute Gasteiger partial charge is 0.303 e. The minimum atomic E-state index is -0.889. The molecule has 4 amide bonds. The molecule has 1 unspecified atom stereocenters. The highest BCUT2D eigenvalue weighted by atomic mass is 16.7. The van der Waals surface area contributed by atoms with E-state index in [1.54, 1.807) is 7.11 Å². The molecule has 2 aliphatic rings. The van der Waals surface area contributed by atoms with E-state index in [4.69, 9.17) is 19.4 Å². The number of carbonyl (C=O) groups excluding carboxylic acids is 5. The van der Waals surface area contributed by atoms with Crippen molar-refractivity contribution in [3.05, 3.63) is 48.6 Å². The number of ether oxygens (including phenoxy) is 2. The number of aliphatic carboxylic acids is 1. The number of benzene rings is 1. The van der Waals surface area contributed by atoms with Crippen LogP contribution in [0, 0.1) is 35.5 Å². The molecular formula is C51H83N5O10. The Morgan fingerprint density at radius 3 is 2.18 bits per heavy atom. The molecule has 0 aliphatic carbocycles. The number of hydrogen-bond donors (Lipinski definition) is 3. The molecule has 15 heteroatoms. The molecule has 15 nitrogen and oxygen atoms in total. The van der Waals surface area contributed by atoms with Gasteiger partial charge in [0, 0.05) is 46.1 Å². The van der Waals surface area contributed by atoms with E-state index in [0.29, 0.717) is 51.9 Å². The molecule has 3 N–H and O–H groups in total. The van der Waals surface area contributed by atoms with E-state index < -0.39 is 54.2 Å². The maximum Gasteiger partial charge on any atom is 0.303 e. The number of carboxylic acid groups (broad SMARTS) is 1. The van der Waals surface area contributed by atoms with Gasteiger partial charge in [-0.15, -0.1) is 6.58 Å². The zero-order valence-electron chi connectivity index (χ0n) is 41.7. The Balaban J connectivity index is 1.73. The lowest BCUT2D eigenvalue weighted by atomic mass is 9.79. The number of carboxylic acids is 1. The molecule has 372 valence electrons. The van der Waals surface area contributed by atoms with Crippen LogP contribution < -0.4 is 10.6 Å². The number of methoxy groups -OCH3 is 2. The standard InChI is InChI=1S/C51H83N5O10/c1-12-35(7)39(26-25-36(8)47(60)45(33(3)4)53-50(62)46(34(5)6)54(9)27-20-24-44(58)59)42(64-10)32-43(57)55-28-19-23-41(55)48(65-11)38(13-2)49(61)52-40(31-37-21-15-14-16-22-37)51(63)56-29-17-18-30-66-56/h13-16,21-22,33-36,38-42,45-46,48H,2,12,17-20,23-32H2,1,3-11H3,(H,52,61)(H,53,62)(H,58,59)/t35-,36?,38+,39-,40-,41-,42+,45-,46-,48+/m0/s1. The normalized spacial score (nSPS) is 19.6. The molecule has 3 rings (SSSR count). The second kappa shape index (κ2) is 28.2. The number of rotatable bonds is 29. The van der Waals surface area contributed by atoms with E-state index in [2.05, 4.69) is 31.1 Å². The number of nitrogens with zero attached hydrogens (tertiary/aromatic N) is 3. The second-order valence-electron chi connectivity index (χ2n) is 19.3. The zero-order chi connectivity index (χ0) is 49.1. The van der Waals surface area contributed by atoms with Crippen molar-refractivity contribution in [1.29, 1.82) is 0 Å². The topological polar surface area (TPSA) is 184 Å². The first-order valence-corrected chi connectivity index (χ1v) is 24.4. The molecule has 0 radical (unpaired) electrons. The van der Waals surface area contributed by atoms with Gasteiger partial charge in [-0.25, -0.2) is 5.06 Å². The molecule has 2 aliphatic heterocycles. The lowest BCUT2D eigenvalue weighted by Gasteiger charge is -2.37. The van der Waals surface area contributed by atoms with Crippen LogP contribution in [0.5, 0.6) is 0 Å². The number of Topliss-reactive ketones (excluding diaryl/α,β-unsaturated/α-hetero) is 1. The van der Waals surface area contributed by atoms with Crippen molar-refractivity contribution in [2.75, 3.05) is 47.5 Å². The van der Waals surface area contributed by atoms with Crippen LogP contribution >= 0.6 is 0 Å². The zero-order valence-corrected chi connectivity index (χ0v) is 41.7. The van der Waals surface area contributed by atoms with Crippen molar-refractivity contribution in [3.8, 4) is 0 Å². The minimum Gasteiger partial charge on any atom is -0.481 e. The van der Waals surface area contributed by atoms with Crippen LogP contribution in [0.3, 0.4) is 0 Å². The van der Waals surface area contributed by atoms with E-state index in [9.17, 15) is 28.8 Å². The van der Waals surface area contributed by atoms with Gasteiger partial charge in [-0.1, -0.05) is 91.3 Å². The highest BCUT2D eigenvalue weighted by Crippen LogP contribution is 2.33. The quantitative estimate of drug-likeness (QED) is 0.0791. The Morgan fingerprint density at radius 1 is 0.924 bits per heavy atom. The minimum absolute atomic E-state index is 0.0119. The predicted octanol–water partition coefficient (Wildman–Crippen LogP) is 6.09. The maximum atomic E-state index is 14.4. The maximum absolute atomic E-state index is 14.4. The molecule has 2 saturated heterocycles. The number of nitrogens with one attached hydrogen (secondary N) is 2. The first kappa shape index (κ1) is 56.1. The van der Waals surface area contributed by atoms with Gasteiger partial charge in [-0.05, 0) is 87.8 Å². The number of likely N-dealkylation sites (tertiary alicyclic amines) is 1. The summed E-state index contributed by atoms with van der Waals surface area (Å²) in [5, 5.41) is 16.5. The highest BCUT2D eigenvalue weighted by molar-refractivity contribution is 5.92. The van der Waals surface area contributed by atoms with Crippen LogP contribution in [0.25, 0.3) is 0 Å². The first-order chi connectivity index (χ1) is 31.4. The third kappa shape index (κ3) is 16.3.